The minimum Gasteiger partial charge on any atom is -0.334 e. The number of para-hydroxylation sites is 1. The first-order valence-electron chi connectivity index (χ1n) is 7.74. The minimum atomic E-state index is -2.45. The molecule has 0 saturated heterocycles. The van der Waals surface area contributed by atoms with Gasteiger partial charge >= 0.3 is 0 Å². The molecule has 2 aromatic heterocycles. The fraction of sp³-hybridized carbons (Fsp3) is 0.176. The zero-order valence-corrected chi connectivity index (χ0v) is 16.6. The second-order valence-corrected chi connectivity index (χ2v) is 10.5. The molecule has 8 heteroatoms. The van der Waals surface area contributed by atoms with Crippen LogP contribution in [0.1, 0.15) is 10.6 Å². The van der Waals surface area contributed by atoms with Crippen molar-refractivity contribution in [2.45, 2.75) is 6.92 Å². The average molecular weight is 388 g/mol. The third kappa shape index (κ3) is 2.50. The lowest BCUT2D eigenvalue weighted by Gasteiger charge is -2.35. The normalized spacial score (nSPS) is 19.6. The van der Waals surface area contributed by atoms with Crippen LogP contribution in [0.15, 0.2) is 52.8 Å². The Balaban J connectivity index is 2.02. The standard InChI is InChI=1S/C17H17N4OPS2/c1-12-15-17(21(19-12)13-8-5-4-6-9-13)18-16(14-10-7-11-25-14)20(2)23(15,24)22-3/h4-11H,1-3H3/t23-/m0/s1. The van der Waals surface area contributed by atoms with Crippen molar-refractivity contribution in [1.29, 1.82) is 0 Å². The molecule has 3 aromatic rings. The molecular weight excluding hydrogens is 371 g/mol. The molecular formula is C17H17N4OPS2. The summed E-state index contributed by atoms with van der Waals surface area (Å²) in [4.78, 5) is 6.01. The maximum atomic E-state index is 6.02. The van der Waals surface area contributed by atoms with E-state index in [9.17, 15) is 0 Å². The topological polar surface area (TPSA) is 42.6 Å². The van der Waals surface area contributed by atoms with E-state index < -0.39 is 6.42 Å². The van der Waals surface area contributed by atoms with Gasteiger partial charge in [-0.2, -0.15) is 5.10 Å². The Bertz CT molecular complexity index is 995. The van der Waals surface area contributed by atoms with Crippen molar-refractivity contribution in [3.63, 3.8) is 0 Å². The third-order valence-corrected chi connectivity index (χ3v) is 9.35. The van der Waals surface area contributed by atoms with Gasteiger partial charge in [-0.3, -0.25) is 0 Å². The van der Waals surface area contributed by atoms with Crippen LogP contribution in [0.3, 0.4) is 0 Å². The van der Waals surface area contributed by atoms with Crippen LogP contribution in [-0.2, 0) is 16.3 Å². The van der Waals surface area contributed by atoms with E-state index in [1.807, 2.05) is 65.1 Å². The van der Waals surface area contributed by atoms with Crippen molar-refractivity contribution in [1.82, 2.24) is 14.5 Å². The van der Waals surface area contributed by atoms with Gasteiger partial charge in [0.25, 0.3) is 0 Å². The van der Waals surface area contributed by atoms with Gasteiger partial charge < -0.3 is 9.19 Å². The number of benzene rings is 1. The molecule has 5 nitrogen and oxygen atoms in total. The van der Waals surface area contributed by atoms with Crippen LogP contribution in [0.2, 0.25) is 0 Å². The highest BCUT2D eigenvalue weighted by Crippen LogP contribution is 2.55. The van der Waals surface area contributed by atoms with E-state index in [1.54, 1.807) is 18.4 Å². The summed E-state index contributed by atoms with van der Waals surface area (Å²) in [5, 5.41) is 7.69. The highest BCUT2D eigenvalue weighted by Gasteiger charge is 2.39. The molecule has 0 spiro atoms. The number of thiophene rings is 1. The molecule has 0 fully saturated rings. The molecule has 1 atom stereocenters. The number of hydrogen-bond donors (Lipinski definition) is 0. The summed E-state index contributed by atoms with van der Waals surface area (Å²) >= 11 is 7.66. The summed E-state index contributed by atoms with van der Waals surface area (Å²) in [5.41, 5.74) is 1.83. The minimum absolute atomic E-state index is 0.774. The first-order chi connectivity index (χ1) is 12.1. The van der Waals surface area contributed by atoms with Crippen molar-refractivity contribution < 1.29 is 4.52 Å². The van der Waals surface area contributed by atoms with Gasteiger partial charge in [0.05, 0.1) is 21.6 Å². The fourth-order valence-corrected chi connectivity index (χ4v) is 6.64. The van der Waals surface area contributed by atoms with Crippen LogP contribution in [0, 0.1) is 6.92 Å². The second-order valence-electron chi connectivity index (χ2n) is 5.64. The predicted molar refractivity (Wildman–Crippen MR) is 108 cm³/mol. The Kier molecular flexibility index (Phi) is 4.12. The second kappa shape index (κ2) is 6.18. The van der Waals surface area contributed by atoms with E-state index in [0.29, 0.717) is 0 Å². The maximum absolute atomic E-state index is 6.02. The Morgan fingerprint density at radius 2 is 1.92 bits per heavy atom. The number of nitrogens with zero attached hydrogens (tertiary/aromatic N) is 4. The van der Waals surface area contributed by atoms with Crippen LogP contribution >= 0.6 is 17.8 Å². The smallest absolute Gasteiger partial charge is 0.192 e. The van der Waals surface area contributed by atoms with Gasteiger partial charge in [0.2, 0.25) is 0 Å². The first kappa shape index (κ1) is 16.7. The fourth-order valence-electron chi connectivity index (χ4n) is 2.97. The molecule has 1 aliphatic heterocycles. The van der Waals surface area contributed by atoms with Gasteiger partial charge in [-0.05, 0) is 42.3 Å². The van der Waals surface area contributed by atoms with Gasteiger partial charge in [-0.25, -0.2) is 9.67 Å². The molecule has 0 bridgehead atoms. The average Bonchev–Trinajstić information content (AvgIpc) is 3.27. The Labute approximate surface area is 155 Å². The number of hydrogen-bond acceptors (Lipinski definition) is 5. The molecule has 0 unspecified atom stereocenters. The van der Waals surface area contributed by atoms with E-state index in [0.717, 1.165) is 33.2 Å². The lowest BCUT2D eigenvalue weighted by atomic mass is 10.3. The molecule has 128 valence electrons. The molecule has 4 rings (SSSR count). The van der Waals surface area contributed by atoms with Gasteiger partial charge in [0, 0.05) is 14.2 Å². The predicted octanol–water partition coefficient (Wildman–Crippen LogP) is 3.85. The Morgan fingerprint density at radius 3 is 2.56 bits per heavy atom. The van der Waals surface area contributed by atoms with Gasteiger partial charge in [0.15, 0.2) is 18.1 Å². The molecule has 0 radical (unpaired) electrons. The maximum Gasteiger partial charge on any atom is 0.192 e. The van der Waals surface area contributed by atoms with E-state index >= 15 is 0 Å². The van der Waals surface area contributed by atoms with Crippen LogP contribution in [-0.4, -0.2) is 34.4 Å². The number of rotatable bonds is 3. The van der Waals surface area contributed by atoms with Crippen LogP contribution in [0.4, 0.5) is 5.82 Å². The highest BCUT2D eigenvalue weighted by atomic mass is 32.4. The SMILES string of the molecule is CO[P@]1(=S)c2c(C)nn(-c3ccccc3)c2N=C(c2cccs2)N1C. The van der Waals surface area contributed by atoms with Crippen LogP contribution in [0.5, 0.6) is 0 Å². The summed E-state index contributed by atoms with van der Waals surface area (Å²) in [6, 6.07) is 14.1. The summed E-state index contributed by atoms with van der Waals surface area (Å²) in [6.45, 7) is 1.97. The van der Waals surface area contributed by atoms with Crippen molar-refractivity contribution in [3.8, 4) is 5.69 Å². The Hall–Kier alpha value is -1.79. The molecule has 0 saturated carbocycles. The molecule has 1 aromatic carbocycles. The summed E-state index contributed by atoms with van der Waals surface area (Å²) < 4.78 is 9.78. The third-order valence-electron chi connectivity index (χ3n) is 4.19. The zero-order valence-electron chi connectivity index (χ0n) is 14.1. The summed E-state index contributed by atoms with van der Waals surface area (Å²) in [7, 11) is 3.64. The quantitative estimate of drug-likeness (QED) is 0.640. The number of aliphatic imine (C=N–C) groups is 1. The van der Waals surface area contributed by atoms with Crippen molar-refractivity contribution >= 4 is 46.5 Å². The zero-order chi connectivity index (χ0) is 17.6. The largest absolute Gasteiger partial charge is 0.334 e. The van der Waals surface area contributed by atoms with Gasteiger partial charge in [-0.15, -0.1) is 11.3 Å². The van der Waals surface area contributed by atoms with Crippen LogP contribution in [0.25, 0.3) is 5.69 Å². The van der Waals surface area contributed by atoms with E-state index in [4.69, 9.17) is 26.4 Å². The van der Waals surface area contributed by atoms with Crippen molar-refractivity contribution in [2.75, 3.05) is 14.2 Å². The van der Waals surface area contributed by atoms with Gasteiger partial charge in [0.1, 0.15) is 0 Å². The molecule has 0 amide bonds. The van der Waals surface area contributed by atoms with E-state index in [-0.39, 0.29) is 0 Å². The van der Waals surface area contributed by atoms with E-state index in [1.165, 1.54) is 0 Å². The molecule has 3 heterocycles. The Morgan fingerprint density at radius 1 is 1.16 bits per heavy atom. The first-order valence-corrected chi connectivity index (χ1v) is 11.3. The monoisotopic (exact) mass is 388 g/mol. The number of amidine groups is 1. The number of aromatic nitrogens is 2. The number of aryl methyl sites for hydroxylation is 1. The lowest BCUT2D eigenvalue weighted by molar-refractivity contribution is 0.439. The van der Waals surface area contributed by atoms with Crippen molar-refractivity contribution in [2.24, 2.45) is 4.99 Å². The molecule has 0 N–H and O–H groups in total. The number of fused-ring (bicyclic) bond motifs is 1. The molecule has 25 heavy (non-hydrogen) atoms. The van der Waals surface area contributed by atoms with Crippen LogP contribution < -0.4 is 5.30 Å². The van der Waals surface area contributed by atoms with Crippen molar-refractivity contribution in [3.05, 3.63) is 58.4 Å². The summed E-state index contributed by atoms with van der Waals surface area (Å²) in [6.07, 6.45) is -2.45. The molecule has 0 aliphatic carbocycles. The van der Waals surface area contributed by atoms with E-state index in [2.05, 4.69) is 6.07 Å². The molecule has 1 aliphatic rings. The summed E-state index contributed by atoms with van der Waals surface area (Å²) in [5.74, 6) is 1.61. The highest BCUT2D eigenvalue weighted by molar-refractivity contribution is 8.15. The lowest BCUT2D eigenvalue weighted by Crippen LogP contribution is -2.33. The van der Waals surface area contributed by atoms with Gasteiger partial charge in [-0.1, -0.05) is 24.3 Å².